The fourth-order valence-corrected chi connectivity index (χ4v) is 4.12. The number of aliphatic hydroxyl groups excluding tert-OH is 1. The fourth-order valence-electron chi connectivity index (χ4n) is 2.08. The Labute approximate surface area is 129 Å². The Morgan fingerprint density at radius 1 is 1.40 bits per heavy atom. The molecule has 20 heavy (non-hydrogen) atoms. The summed E-state index contributed by atoms with van der Waals surface area (Å²) in [5, 5.41) is 9.44. The van der Waals surface area contributed by atoms with E-state index in [0.717, 1.165) is 0 Å². The van der Waals surface area contributed by atoms with Gasteiger partial charge in [-0.25, -0.2) is 13.1 Å². The third-order valence-corrected chi connectivity index (χ3v) is 5.98. The molecule has 0 saturated heterocycles. The first-order chi connectivity index (χ1) is 9.36. The summed E-state index contributed by atoms with van der Waals surface area (Å²) in [4.78, 5) is -0.0457. The third kappa shape index (κ3) is 3.46. The Morgan fingerprint density at radius 2 is 2.05 bits per heavy atom. The van der Waals surface area contributed by atoms with Crippen LogP contribution in [0.2, 0.25) is 10.0 Å². The molecule has 1 saturated carbocycles. The lowest BCUT2D eigenvalue weighted by Crippen LogP contribution is -2.29. The smallest absolute Gasteiger partial charge is 0.242 e. The number of sulfonamides is 1. The zero-order valence-electron chi connectivity index (χ0n) is 11.1. The summed E-state index contributed by atoms with van der Waals surface area (Å²) in [5.74, 6) is 0.930. The van der Waals surface area contributed by atoms with Gasteiger partial charge in [0.25, 0.3) is 0 Å². The summed E-state index contributed by atoms with van der Waals surface area (Å²) < 4.78 is 27.1. The summed E-state index contributed by atoms with van der Waals surface area (Å²) >= 11 is 11.9. The topological polar surface area (TPSA) is 66.4 Å². The van der Waals surface area contributed by atoms with E-state index in [2.05, 4.69) is 4.72 Å². The molecule has 112 valence electrons. The summed E-state index contributed by atoms with van der Waals surface area (Å²) in [7, 11) is -3.69. The van der Waals surface area contributed by atoms with Crippen LogP contribution in [-0.2, 0) is 16.6 Å². The molecule has 0 amide bonds. The third-order valence-electron chi connectivity index (χ3n) is 3.62. The molecule has 1 atom stereocenters. The van der Waals surface area contributed by atoms with E-state index in [0.29, 0.717) is 18.4 Å². The molecular formula is C13H17Cl2NO3S. The molecule has 1 aliphatic rings. The molecule has 1 unspecified atom stereocenters. The molecular weight excluding hydrogens is 321 g/mol. The van der Waals surface area contributed by atoms with Crippen molar-refractivity contribution in [1.29, 1.82) is 0 Å². The average molecular weight is 338 g/mol. The molecule has 0 heterocycles. The highest BCUT2D eigenvalue weighted by molar-refractivity contribution is 7.89. The molecule has 0 aromatic heterocycles. The highest BCUT2D eigenvalue weighted by Gasteiger charge is 2.29. The second kappa shape index (κ2) is 6.20. The van der Waals surface area contributed by atoms with Crippen LogP contribution in [0.5, 0.6) is 0 Å². The predicted molar refractivity (Wildman–Crippen MR) is 79.5 cm³/mol. The van der Waals surface area contributed by atoms with Gasteiger partial charge in [0.1, 0.15) is 4.90 Å². The van der Waals surface area contributed by atoms with Crippen molar-refractivity contribution in [3.8, 4) is 0 Å². The van der Waals surface area contributed by atoms with Crippen molar-refractivity contribution in [2.24, 2.45) is 11.8 Å². The highest BCUT2D eigenvalue weighted by Crippen LogP contribution is 2.36. The zero-order chi connectivity index (χ0) is 14.9. The molecule has 1 aliphatic carbocycles. The average Bonchev–Trinajstić information content (AvgIpc) is 3.20. The molecule has 0 bridgehead atoms. The maximum absolute atomic E-state index is 12.3. The summed E-state index contributed by atoms with van der Waals surface area (Å²) in [5.41, 5.74) is 0.228. The van der Waals surface area contributed by atoms with Gasteiger partial charge in [0, 0.05) is 17.1 Å². The van der Waals surface area contributed by atoms with Gasteiger partial charge in [-0.15, -0.1) is 0 Å². The van der Waals surface area contributed by atoms with Crippen molar-refractivity contribution in [3.63, 3.8) is 0 Å². The van der Waals surface area contributed by atoms with E-state index >= 15 is 0 Å². The maximum Gasteiger partial charge on any atom is 0.242 e. The lowest BCUT2D eigenvalue weighted by Gasteiger charge is -2.14. The van der Waals surface area contributed by atoms with Crippen LogP contribution in [0.15, 0.2) is 17.0 Å². The first-order valence-electron chi connectivity index (χ1n) is 6.44. The maximum atomic E-state index is 12.3. The van der Waals surface area contributed by atoms with Crippen LogP contribution in [0.4, 0.5) is 0 Å². The summed E-state index contributed by atoms with van der Waals surface area (Å²) in [6.07, 6.45) is 2.33. The van der Waals surface area contributed by atoms with E-state index in [1.54, 1.807) is 0 Å². The van der Waals surface area contributed by atoms with E-state index in [4.69, 9.17) is 23.2 Å². The molecule has 2 rings (SSSR count). The van der Waals surface area contributed by atoms with Gasteiger partial charge >= 0.3 is 0 Å². The normalized spacial score (nSPS) is 17.2. The van der Waals surface area contributed by atoms with E-state index in [1.807, 2.05) is 6.92 Å². The van der Waals surface area contributed by atoms with E-state index < -0.39 is 16.6 Å². The first-order valence-corrected chi connectivity index (χ1v) is 8.68. The molecule has 1 aromatic rings. The van der Waals surface area contributed by atoms with Crippen LogP contribution >= 0.6 is 23.2 Å². The summed E-state index contributed by atoms with van der Waals surface area (Å²) in [6, 6.07) is 2.78. The SMILES string of the molecule is CC(CNS(=O)(=O)c1ccc(Cl)c(CO)c1Cl)C1CC1. The minimum Gasteiger partial charge on any atom is -0.392 e. The van der Waals surface area contributed by atoms with Crippen LogP contribution in [0.1, 0.15) is 25.3 Å². The minimum absolute atomic E-state index is 0.0217. The Hall–Kier alpha value is -0.330. The Balaban J connectivity index is 2.20. The molecule has 1 aromatic carbocycles. The minimum atomic E-state index is -3.69. The van der Waals surface area contributed by atoms with Crippen molar-refractivity contribution in [2.75, 3.05) is 6.54 Å². The van der Waals surface area contributed by atoms with E-state index in [-0.39, 0.29) is 20.5 Å². The Bertz CT molecular complexity index is 600. The van der Waals surface area contributed by atoms with Gasteiger partial charge in [-0.3, -0.25) is 0 Å². The van der Waals surface area contributed by atoms with E-state index in [1.165, 1.54) is 25.0 Å². The number of rotatable bonds is 6. The fraction of sp³-hybridized carbons (Fsp3) is 0.538. The van der Waals surface area contributed by atoms with Crippen LogP contribution in [0, 0.1) is 11.8 Å². The van der Waals surface area contributed by atoms with Crippen molar-refractivity contribution >= 4 is 33.2 Å². The van der Waals surface area contributed by atoms with Crippen molar-refractivity contribution in [2.45, 2.75) is 31.3 Å². The second-order valence-corrected chi connectivity index (χ2v) is 7.68. The Morgan fingerprint density at radius 3 is 2.60 bits per heavy atom. The van der Waals surface area contributed by atoms with Gasteiger partial charge in [0.2, 0.25) is 10.0 Å². The standard InChI is InChI=1S/C13H17Cl2NO3S/c1-8(9-2-3-9)6-16-20(18,19)12-5-4-11(14)10(7-17)13(12)15/h4-5,8-9,16-17H,2-3,6-7H2,1H3. The molecule has 1 fully saturated rings. The highest BCUT2D eigenvalue weighted by atomic mass is 35.5. The number of aliphatic hydroxyl groups is 1. The number of hydrogen-bond donors (Lipinski definition) is 2. The molecule has 0 aliphatic heterocycles. The van der Waals surface area contributed by atoms with Gasteiger partial charge in [0.15, 0.2) is 0 Å². The largest absolute Gasteiger partial charge is 0.392 e. The van der Waals surface area contributed by atoms with E-state index in [9.17, 15) is 13.5 Å². The molecule has 0 spiro atoms. The predicted octanol–water partition coefficient (Wildman–Crippen LogP) is 2.81. The quantitative estimate of drug-likeness (QED) is 0.838. The second-order valence-electron chi connectivity index (χ2n) is 5.16. The molecule has 4 nitrogen and oxygen atoms in total. The molecule has 0 radical (unpaired) electrons. The van der Waals surface area contributed by atoms with Crippen LogP contribution in [0.3, 0.4) is 0 Å². The van der Waals surface area contributed by atoms with Gasteiger partial charge in [-0.1, -0.05) is 30.1 Å². The lowest BCUT2D eigenvalue weighted by molar-refractivity contribution is 0.281. The number of hydrogen-bond acceptors (Lipinski definition) is 3. The van der Waals surface area contributed by atoms with Crippen LogP contribution < -0.4 is 4.72 Å². The zero-order valence-corrected chi connectivity index (χ0v) is 13.4. The summed E-state index contributed by atoms with van der Waals surface area (Å²) in [6.45, 7) is 2.02. The van der Waals surface area contributed by atoms with Gasteiger partial charge in [0.05, 0.1) is 11.6 Å². The van der Waals surface area contributed by atoms with Gasteiger partial charge in [-0.2, -0.15) is 0 Å². The molecule has 7 heteroatoms. The first kappa shape index (κ1) is 16.0. The number of halogens is 2. The Kier molecular flexibility index (Phi) is 4.97. The molecule has 2 N–H and O–H groups in total. The number of nitrogens with one attached hydrogen (secondary N) is 1. The van der Waals surface area contributed by atoms with Crippen molar-refractivity contribution < 1.29 is 13.5 Å². The van der Waals surface area contributed by atoms with Gasteiger partial charge < -0.3 is 5.11 Å². The van der Waals surface area contributed by atoms with Gasteiger partial charge in [-0.05, 0) is 36.8 Å². The lowest BCUT2D eigenvalue weighted by atomic mass is 10.1. The van der Waals surface area contributed by atoms with Crippen molar-refractivity contribution in [3.05, 3.63) is 27.7 Å². The number of benzene rings is 1. The van der Waals surface area contributed by atoms with Crippen LogP contribution in [0.25, 0.3) is 0 Å². The van der Waals surface area contributed by atoms with Crippen LogP contribution in [-0.4, -0.2) is 20.1 Å². The van der Waals surface area contributed by atoms with Crippen molar-refractivity contribution in [1.82, 2.24) is 4.72 Å². The monoisotopic (exact) mass is 337 g/mol.